The molecule has 0 radical (unpaired) electrons. The monoisotopic (exact) mass is 426 g/mol. The minimum absolute atomic E-state index is 0.320. The molecule has 0 saturated heterocycles. The molecule has 7 heteroatoms. The second-order valence-corrected chi connectivity index (χ2v) is 9.62. The first-order valence-corrected chi connectivity index (χ1v) is 12.4. The van der Waals surface area contributed by atoms with Gasteiger partial charge in [0.25, 0.3) is 0 Å². The van der Waals surface area contributed by atoms with Crippen LogP contribution in [0.4, 0.5) is 4.39 Å². The van der Waals surface area contributed by atoms with Crippen molar-refractivity contribution in [3.05, 3.63) is 65.5 Å². The van der Waals surface area contributed by atoms with Gasteiger partial charge in [-0.2, -0.15) is 0 Å². The van der Waals surface area contributed by atoms with E-state index in [1.807, 2.05) is 36.8 Å². The molecule has 0 N–H and O–H groups in total. The lowest BCUT2D eigenvalue weighted by Gasteiger charge is -2.32. The summed E-state index contributed by atoms with van der Waals surface area (Å²) in [6.07, 6.45) is 5.52. The van der Waals surface area contributed by atoms with Crippen molar-refractivity contribution in [3.8, 4) is 0 Å². The normalized spacial score (nSPS) is 15.6. The van der Waals surface area contributed by atoms with Gasteiger partial charge < -0.3 is 9.29 Å². The molecule has 4 atom stereocenters. The van der Waals surface area contributed by atoms with Crippen LogP contribution in [0.2, 0.25) is 0 Å². The molecule has 27 heavy (non-hydrogen) atoms. The Hall–Kier alpha value is -1.15. The fraction of sp³-hybridized carbons (Fsp3) is 0.350. The van der Waals surface area contributed by atoms with Gasteiger partial charge in [-0.1, -0.05) is 24.3 Å². The number of esters is 1. The van der Waals surface area contributed by atoms with E-state index in [-0.39, 0.29) is 16.3 Å². The molecule has 0 heterocycles. The standard InChI is InChI=1S/C20H23FO3S3/c1-24-19(22)17(13-5-9-15(21)10-6-13)18(20(26-3)27(4)23)14-7-11-16(25-2)12-8-14/h5-12,17-18,20H,1-4H3. The maximum Gasteiger partial charge on any atom is 0.314 e. The second kappa shape index (κ2) is 10.4. The van der Waals surface area contributed by atoms with E-state index < -0.39 is 23.1 Å². The van der Waals surface area contributed by atoms with Crippen molar-refractivity contribution in [1.29, 1.82) is 0 Å². The van der Waals surface area contributed by atoms with Crippen LogP contribution in [-0.4, -0.2) is 41.0 Å². The maximum atomic E-state index is 13.4. The molecule has 0 spiro atoms. The maximum absolute atomic E-state index is 13.4. The van der Waals surface area contributed by atoms with Crippen molar-refractivity contribution < 1.29 is 18.5 Å². The summed E-state index contributed by atoms with van der Waals surface area (Å²) in [4.78, 5) is 13.9. The number of ether oxygens (including phenoxy) is 1. The van der Waals surface area contributed by atoms with Gasteiger partial charge >= 0.3 is 5.97 Å². The van der Waals surface area contributed by atoms with Crippen LogP contribution in [0.1, 0.15) is 23.0 Å². The van der Waals surface area contributed by atoms with E-state index in [2.05, 4.69) is 0 Å². The molecule has 146 valence electrons. The van der Waals surface area contributed by atoms with Crippen LogP contribution in [0, 0.1) is 5.82 Å². The van der Waals surface area contributed by atoms with Crippen molar-refractivity contribution in [1.82, 2.24) is 0 Å². The number of carbonyl (C=O) groups is 1. The minimum atomic E-state index is -1.18. The van der Waals surface area contributed by atoms with Crippen LogP contribution in [0.25, 0.3) is 0 Å². The fourth-order valence-electron chi connectivity index (χ4n) is 3.11. The highest BCUT2D eigenvalue weighted by Crippen LogP contribution is 2.43. The van der Waals surface area contributed by atoms with Crippen LogP contribution >= 0.6 is 23.5 Å². The smallest absolute Gasteiger partial charge is 0.314 e. The Labute approximate surface area is 171 Å². The Kier molecular flexibility index (Phi) is 8.54. The molecule has 0 fully saturated rings. The summed E-state index contributed by atoms with van der Waals surface area (Å²) in [5.74, 6) is -1.86. The average Bonchev–Trinajstić information content (AvgIpc) is 2.68. The van der Waals surface area contributed by atoms with E-state index in [0.717, 1.165) is 10.5 Å². The number of carbonyl (C=O) groups excluding carboxylic acids is 1. The molecule has 0 aromatic heterocycles. The van der Waals surface area contributed by atoms with Gasteiger partial charge in [0, 0.05) is 4.90 Å². The van der Waals surface area contributed by atoms with Crippen LogP contribution in [0.5, 0.6) is 0 Å². The zero-order valence-corrected chi connectivity index (χ0v) is 18.1. The van der Waals surface area contributed by atoms with Crippen molar-refractivity contribution in [2.45, 2.75) is 21.3 Å². The molecule has 4 unspecified atom stereocenters. The van der Waals surface area contributed by atoms with Crippen molar-refractivity contribution in [3.63, 3.8) is 0 Å². The molecule has 3 nitrogen and oxygen atoms in total. The van der Waals surface area contributed by atoms with Gasteiger partial charge in [-0.25, -0.2) is 4.39 Å². The summed E-state index contributed by atoms with van der Waals surface area (Å²) < 4.78 is 30.7. The van der Waals surface area contributed by atoms with Crippen LogP contribution < -0.4 is 0 Å². The van der Waals surface area contributed by atoms with Gasteiger partial charge in [-0.05, 0) is 59.1 Å². The van der Waals surface area contributed by atoms with Gasteiger partial charge in [0.15, 0.2) is 4.58 Å². The topological polar surface area (TPSA) is 49.4 Å². The quantitative estimate of drug-likeness (QED) is 0.349. The summed E-state index contributed by atoms with van der Waals surface area (Å²) in [7, 11) is 1.34. The van der Waals surface area contributed by atoms with Gasteiger partial charge in [-0.15, -0.1) is 23.5 Å². The molecule has 0 saturated carbocycles. The Bertz CT molecular complexity index is 735. The predicted octanol–water partition coefficient (Wildman–Crippen LogP) is 4.66. The van der Waals surface area contributed by atoms with Crippen molar-refractivity contribution in [2.24, 2.45) is 0 Å². The summed E-state index contributed by atoms with van der Waals surface area (Å²) >= 11 is 1.90. The lowest BCUT2D eigenvalue weighted by Crippen LogP contribution is -2.33. The average molecular weight is 427 g/mol. The number of benzene rings is 2. The largest absolute Gasteiger partial charge is 0.616 e. The molecule has 2 aromatic rings. The third kappa shape index (κ3) is 5.44. The molecule has 0 bridgehead atoms. The van der Waals surface area contributed by atoms with Gasteiger partial charge in [0.2, 0.25) is 0 Å². The first-order valence-electron chi connectivity index (χ1n) is 8.25. The van der Waals surface area contributed by atoms with Crippen LogP contribution in [0.3, 0.4) is 0 Å². The molecule has 0 amide bonds. The second-order valence-electron chi connectivity index (χ2n) is 5.95. The Morgan fingerprint density at radius 2 is 1.63 bits per heavy atom. The third-order valence-electron chi connectivity index (χ3n) is 4.40. The Morgan fingerprint density at radius 3 is 2.07 bits per heavy atom. The lowest BCUT2D eigenvalue weighted by atomic mass is 9.82. The number of rotatable bonds is 8. The SMILES string of the molecule is COC(=O)C(c1ccc(F)cc1)C(c1ccc(SC)cc1)C(SC)[S+](C)[O-]. The van der Waals surface area contributed by atoms with E-state index in [1.165, 1.54) is 31.0 Å². The third-order valence-corrected chi connectivity index (χ3v) is 8.24. The van der Waals surface area contributed by atoms with Crippen molar-refractivity contribution in [2.75, 3.05) is 25.9 Å². The van der Waals surface area contributed by atoms with E-state index in [9.17, 15) is 13.7 Å². The van der Waals surface area contributed by atoms with E-state index in [0.29, 0.717) is 5.56 Å². The van der Waals surface area contributed by atoms with Gasteiger partial charge in [0.1, 0.15) is 5.82 Å². The molecule has 0 aliphatic rings. The molecular weight excluding hydrogens is 403 g/mol. The zero-order valence-electron chi connectivity index (χ0n) is 15.7. The first kappa shape index (κ1) is 22.1. The van der Waals surface area contributed by atoms with Crippen molar-refractivity contribution >= 4 is 40.7 Å². The molecular formula is C20H23FO3S3. The minimum Gasteiger partial charge on any atom is -0.616 e. The predicted molar refractivity (Wildman–Crippen MR) is 113 cm³/mol. The van der Waals surface area contributed by atoms with Gasteiger partial charge in [0.05, 0.1) is 25.2 Å². The number of hydrogen-bond acceptors (Lipinski definition) is 5. The highest BCUT2D eigenvalue weighted by atomic mass is 32.3. The zero-order chi connectivity index (χ0) is 20.0. The van der Waals surface area contributed by atoms with E-state index in [1.54, 1.807) is 30.2 Å². The summed E-state index contributed by atoms with van der Waals surface area (Å²) in [6.45, 7) is 0. The summed E-state index contributed by atoms with van der Waals surface area (Å²) in [5, 5.41) is 0. The highest BCUT2D eigenvalue weighted by Gasteiger charge is 2.41. The number of methoxy groups -OCH3 is 1. The number of halogens is 1. The highest BCUT2D eigenvalue weighted by molar-refractivity contribution is 8.12. The first-order chi connectivity index (χ1) is 12.9. The van der Waals surface area contributed by atoms with E-state index >= 15 is 0 Å². The lowest BCUT2D eigenvalue weighted by molar-refractivity contribution is -0.143. The van der Waals surface area contributed by atoms with Crippen LogP contribution in [0.15, 0.2) is 53.4 Å². The fourth-order valence-corrected chi connectivity index (χ4v) is 5.94. The van der Waals surface area contributed by atoms with E-state index in [4.69, 9.17) is 4.74 Å². The summed E-state index contributed by atoms with van der Waals surface area (Å²) in [6, 6.07) is 13.8. The van der Waals surface area contributed by atoms with Crippen LogP contribution in [-0.2, 0) is 20.7 Å². The summed E-state index contributed by atoms with van der Waals surface area (Å²) in [5.41, 5.74) is 1.55. The number of hydrogen-bond donors (Lipinski definition) is 0. The molecule has 2 rings (SSSR count). The number of thioether (sulfide) groups is 2. The molecule has 0 aliphatic carbocycles. The molecule has 0 aliphatic heterocycles. The molecule has 2 aromatic carbocycles. The Morgan fingerprint density at radius 1 is 1.07 bits per heavy atom. The van der Waals surface area contributed by atoms with Gasteiger partial charge in [-0.3, -0.25) is 4.79 Å². The Balaban J connectivity index is 2.61.